The maximum atomic E-state index is 8.77. The maximum Gasteiger partial charge on any atom is 0.0500 e. The molecule has 1 atom stereocenters. The molecule has 0 aliphatic heterocycles. The van der Waals surface area contributed by atoms with E-state index < -0.39 is 0 Å². The molecule has 3 nitrogen and oxygen atoms in total. The minimum absolute atomic E-state index is 0.233. The summed E-state index contributed by atoms with van der Waals surface area (Å²) in [4.78, 5) is 5.37. The topological polar surface area (TPSA) is 45.1 Å². The zero-order valence-corrected chi connectivity index (χ0v) is 12.4. The third-order valence-electron chi connectivity index (χ3n) is 2.99. The van der Waals surface area contributed by atoms with Crippen molar-refractivity contribution in [1.82, 2.24) is 4.98 Å². The van der Waals surface area contributed by atoms with Gasteiger partial charge in [-0.05, 0) is 49.2 Å². The average molecular weight is 288 g/mol. The number of thioether (sulfide) groups is 1. The van der Waals surface area contributed by atoms with Gasteiger partial charge in [0.25, 0.3) is 0 Å². The first-order valence-corrected chi connectivity index (χ1v) is 7.78. The van der Waals surface area contributed by atoms with Gasteiger partial charge in [-0.2, -0.15) is 0 Å². The zero-order chi connectivity index (χ0) is 14.2. The van der Waals surface area contributed by atoms with E-state index in [4.69, 9.17) is 5.11 Å². The Hall–Kier alpha value is -1.52. The summed E-state index contributed by atoms with van der Waals surface area (Å²) in [6.07, 6.45) is 4.51. The Bertz CT molecular complexity index is 502. The first-order valence-electron chi connectivity index (χ1n) is 6.80. The van der Waals surface area contributed by atoms with Crippen LogP contribution < -0.4 is 5.32 Å². The number of aromatic nitrogens is 1. The molecule has 2 N–H and O–H groups in total. The minimum Gasteiger partial charge on any atom is -0.396 e. The Kier molecular flexibility index (Phi) is 5.89. The SMILES string of the molecule is CC(Nc1ccc(SCCCO)cc1)c1cccnc1. The van der Waals surface area contributed by atoms with Gasteiger partial charge in [-0.15, -0.1) is 11.8 Å². The van der Waals surface area contributed by atoms with Crippen molar-refractivity contribution < 1.29 is 5.11 Å². The van der Waals surface area contributed by atoms with Crippen molar-refractivity contribution in [3.8, 4) is 0 Å². The molecule has 106 valence electrons. The Morgan fingerprint density at radius 2 is 2.05 bits per heavy atom. The van der Waals surface area contributed by atoms with Gasteiger partial charge in [0.15, 0.2) is 0 Å². The van der Waals surface area contributed by atoms with Crippen molar-refractivity contribution in [2.45, 2.75) is 24.3 Å². The van der Waals surface area contributed by atoms with E-state index in [9.17, 15) is 0 Å². The second-order valence-corrected chi connectivity index (χ2v) is 5.77. The molecule has 1 unspecified atom stereocenters. The van der Waals surface area contributed by atoms with Crippen LogP contribution in [0.25, 0.3) is 0 Å². The van der Waals surface area contributed by atoms with E-state index in [0.717, 1.165) is 17.9 Å². The summed E-state index contributed by atoms with van der Waals surface area (Å²) in [5.41, 5.74) is 2.28. The number of aliphatic hydroxyl groups is 1. The fourth-order valence-electron chi connectivity index (χ4n) is 1.87. The Morgan fingerprint density at radius 1 is 1.25 bits per heavy atom. The van der Waals surface area contributed by atoms with E-state index in [-0.39, 0.29) is 12.6 Å². The van der Waals surface area contributed by atoms with Crippen LogP contribution in [0.2, 0.25) is 0 Å². The quantitative estimate of drug-likeness (QED) is 0.602. The van der Waals surface area contributed by atoms with Gasteiger partial charge in [0.1, 0.15) is 0 Å². The number of benzene rings is 1. The second-order valence-electron chi connectivity index (χ2n) is 4.60. The number of aliphatic hydroxyl groups excluding tert-OH is 1. The predicted molar refractivity (Wildman–Crippen MR) is 85.1 cm³/mol. The van der Waals surface area contributed by atoms with Gasteiger partial charge in [-0.25, -0.2) is 0 Å². The smallest absolute Gasteiger partial charge is 0.0500 e. The van der Waals surface area contributed by atoms with Crippen molar-refractivity contribution >= 4 is 17.4 Å². The van der Waals surface area contributed by atoms with Crippen LogP contribution in [0.1, 0.15) is 24.9 Å². The molecular weight excluding hydrogens is 268 g/mol. The van der Waals surface area contributed by atoms with Gasteiger partial charge in [-0.1, -0.05) is 6.07 Å². The molecule has 0 fully saturated rings. The summed E-state index contributed by atoms with van der Waals surface area (Å²) >= 11 is 1.77. The van der Waals surface area contributed by atoms with Crippen molar-refractivity contribution in [3.05, 3.63) is 54.4 Å². The molecule has 20 heavy (non-hydrogen) atoms. The summed E-state index contributed by atoms with van der Waals surface area (Å²) < 4.78 is 0. The van der Waals surface area contributed by atoms with Crippen molar-refractivity contribution in [2.24, 2.45) is 0 Å². The summed E-state index contributed by atoms with van der Waals surface area (Å²) in [7, 11) is 0. The predicted octanol–water partition coefficient (Wildman–Crippen LogP) is 3.73. The molecule has 0 aliphatic carbocycles. The molecule has 0 spiro atoms. The van der Waals surface area contributed by atoms with Crippen molar-refractivity contribution in [2.75, 3.05) is 17.7 Å². The molecule has 2 aromatic rings. The Balaban J connectivity index is 1.90. The molecule has 4 heteroatoms. The standard InChI is InChI=1S/C16H20N2OS/c1-13(14-4-2-9-17-12-14)18-15-5-7-16(8-6-15)20-11-3-10-19/h2,4-9,12-13,18-19H,3,10-11H2,1H3. The lowest BCUT2D eigenvalue weighted by Crippen LogP contribution is -2.06. The third-order valence-corrected chi connectivity index (χ3v) is 4.09. The minimum atomic E-state index is 0.233. The number of rotatable bonds is 7. The van der Waals surface area contributed by atoms with Gasteiger partial charge < -0.3 is 10.4 Å². The fourth-order valence-corrected chi connectivity index (χ4v) is 2.71. The van der Waals surface area contributed by atoms with Gasteiger partial charge in [0.05, 0.1) is 6.04 Å². The molecule has 2 rings (SSSR count). The van der Waals surface area contributed by atoms with Crippen LogP contribution in [-0.4, -0.2) is 22.5 Å². The third kappa shape index (κ3) is 4.54. The lowest BCUT2D eigenvalue weighted by atomic mass is 10.1. The number of hydrogen-bond acceptors (Lipinski definition) is 4. The number of hydrogen-bond donors (Lipinski definition) is 2. The monoisotopic (exact) mass is 288 g/mol. The van der Waals surface area contributed by atoms with Crippen LogP contribution in [0.4, 0.5) is 5.69 Å². The van der Waals surface area contributed by atoms with E-state index in [2.05, 4.69) is 47.6 Å². The molecule has 0 bridgehead atoms. The normalized spacial score (nSPS) is 12.1. The molecule has 0 amide bonds. The zero-order valence-electron chi connectivity index (χ0n) is 11.6. The van der Waals surface area contributed by atoms with Crippen molar-refractivity contribution in [1.29, 1.82) is 0 Å². The van der Waals surface area contributed by atoms with Crippen LogP contribution >= 0.6 is 11.8 Å². The molecule has 0 radical (unpaired) electrons. The molecule has 1 heterocycles. The molecular formula is C16H20N2OS. The summed E-state index contributed by atoms with van der Waals surface area (Å²) in [6, 6.07) is 12.7. The van der Waals surface area contributed by atoms with Crippen LogP contribution in [-0.2, 0) is 0 Å². The number of pyridine rings is 1. The number of nitrogens with one attached hydrogen (secondary N) is 1. The number of anilines is 1. The van der Waals surface area contributed by atoms with Crippen LogP contribution in [0.5, 0.6) is 0 Å². The van der Waals surface area contributed by atoms with Crippen LogP contribution in [0, 0.1) is 0 Å². The summed E-state index contributed by atoms with van der Waals surface area (Å²) in [5, 5.41) is 12.2. The highest BCUT2D eigenvalue weighted by Crippen LogP contribution is 2.23. The van der Waals surface area contributed by atoms with Gasteiger partial charge >= 0.3 is 0 Å². The maximum absolute atomic E-state index is 8.77. The van der Waals surface area contributed by atoms with Crippen LogP contribution in [0.3, 0.4) is 0 Å². The molecule has 1 aromatic heterocycles. The lowest BCUT2D eigenvalue weighted by molar-refractivity contribution is 0.296. The lowest BCUT2D eigenvalue weighted by Gasteiger charge is -2.15. The largest absolute Gasteiger partial charge is 0.396 e. The summed E-state index contributed by atoms with van der Waals surface area (Å²) in [6.45, 7) is 2.39. The molecule has 0 aliphatic rings. The highest BCUT2D eigenvalue weighted by Gasteiger charge is 2.04. The first-order chi connectivity index (χ1) is 9.79. The van der Waals surface area contributed by atoms with Gasteiger partial charge in [0.2, 0.25) is 0 Å². The van der Waals surface area contributed by atoms with E-state index in [1.54, 1.807) is 18.0 Å². The van der Waals surface area contributed by atoms with Crippen LogP contribution in [0.15, 0.2) is 53.7 Å². The molecule has 1 aromatic carbocycles. The average Bonchev–Trinajstić information content (AvgIpc) is 2.50. The van der Waals surface area contributed by atoms with E-state index >= 15 is 0 Å². The first kappa shape index (κ1) is 14.9. The van der Waals surface area contributed by atoms with E-state index in [0.29, 0.717) is 0 Å². The second kappa shape index (κ2) is 7.92. The Morgan fingerprint density at radius 3 is 2.70 bits per heavy atom. The highest BCUT2D eigenvalue weighted by atomic mass is 32.2. The highest BCUT2D eigenvalue weighted by molar-refractivity contribution is 7.99. The fraction of sp³-hybridized carbons (Fsp3) is 0.312. The van der Waals surface area contributed by atoms with Crippen molar-refractivity contribution in [3.63, 3.8) is 0 Å². The number of nitrogens with zero attached hydrogens (tertiary/aromatic N) is 1. The molecule has 0 saturated heterocycles. The van der Waals surface area contributed by atoms with Gasteiger partial charge in [0, 0.05) is 35.3 Å². The Labute approximate surface area is 124 Å². The van der Waals surface area contributed by atoms with E-state index in [1.165, 1.54) is 10.5 Å². The van der Waals surface area contributed by atoms with E-state index in [1.807, 2.05) is 12.3 Å². The molecule has 0 saturated carbocycles. The summed E-state index contributed by atoms with van der Waals surface area (Å²) in [5.74, 6) is 0.954. The van der Waals surface area contributed by atoms with Gasteiger partial charge in [-0.3, -0.25) is 4.98 Å².